The van der Waals surface area contributed by atoms with Crippen LogP contribution in [0.4, 0.5) is 23.7 Å². The van der Waals surface area contributed by atoms with Gasteiger partial charge in [0, 0.05) is 17.5 Å². The van der Waals surface area contributed by atoms with E-state index < -0.39 is 6.36 Å². The van der Waals surface area contributed by atoms with Crippen LogP contribution in [-0.4, -0.2) is 28.4 Å². The monoisotopic (exact) mass is 551 g/mol. The van der Waals surface area contributed by atoms with Gasteiger partial charge < -0.3 is 10.1 Å². The quantitative estimate of drug-likeness (QED) is 0.201. The molecule has 200 valence electrons. The molecule has 0 bridgehead atoms. The van der Waals surface area contributed by atoms with Crippen LogP contribution in [0.1, 0.15) is 27.9 Å². The first-order valence-electron chi connectivity index (χ1n) is 12.1. The minimum Gasteiger partial charge on any atom is -0.406 e. The van der Waals surface area contributed by atoms with Crippen molar-refractivity contribution in [2.45, 2.75) is 33.1 Å². The zero-order valence-corrected chi connectivity index (χ0v) is 21.9. The van der Waals surface area contributed by atoms with Gasteiger partial charge in [-0.05, 0) is 84.8 Å². The second-order valence-corrected chi connectivity index (χ2v) is 9.62. The van der Waals surface area contributed by atoms with E-state index >= 15 is 0 Å². The van der Waals surface area contributed by atoms with Crippen molar-refractivity contribution in [3.05, 3.63) is 94.8 Å². The van der Waals surface area contributed by atoms with E-state index in [0.29, 0.717) is 5.69 Å². The van der Waals surface area contributed by atoms with E-state index in [1.54, 1.807) is 29.2 Å². The van der Waals surface area contributed by atoms with Gasteiger partial charge in [0.05, 0.1) is 29.7 Å². The Labute approximate surface area is 227 Å². The van der Waals surface area contributed by atoms with Gasteiger partial charge in [-0.1, -0.05) is 30.3 Å². The molecule has 5 rings (SSSR count). The number of hydrogen-bond acceptors (Lipinski definition) is 5. The number of aryl methyl sites for hydroxylation is 3. The number of para-hydroxylation sites is 1. The molecule has 11 heteroatoms. The number of benzene rings is 3. The predicted octanol–water partition coefficient (Wildman–Crippen LogP) is 6.96. The molecule has 4 aromatic rings. The summed E-state index contributed by atoms with van der Waals surface area (Å²) < 4.78 is 50.0. The molecule has 39 heavy (non-hydrogen) atoms. The molecular weight excluding hydrogens is 527 g/mol. The summed E-state index contributed by atoms with van der Waals surface area (Å²) in [6, 6.07) is 17.1. The van der Waals surface area contributed by atoms with Crippen molar-refractivity contribution in [3.63, 3.8) is 0 Å². The van der Waals surface area contributed by atoms with Gasteiger partial charge in [-0.25, -0.2) is 13.9 Å². The fourth-order valence-corrected chi connectivity index (χ4v) is 4.93. The summed E-state index contributed by atoms with van der Waals surface area (Å²) >= 11 is 0.941. The largest absolute Gasteiger partial charge is 0.573 e. The number of hydrogen-bond donors (Lipinski definition) is 2. The van der Waals surface area contributed by atoms with Gasteiger partial charge in [0.15, 0.2) is 0 Å². The molecule has 0 spiro atoms. The number of urea groups is 1. The summed E-state index contributed by atoms with van der Waals surface area (Å²) in [5, 5.41) is 7.34. The summed E-state index contributed by atoms with van der Waals surface area (Å²) in [4.78, 5) is 12.2. The van der Waals surface area contributed by atoms with Crippen molar-refractivity contribution < 1.29 is 22.7 Å². The molecule has 0 unspecified atom stereocenters. The van der Waals surface area contributed by atoms with E-state index in [-0.39, 0.29) is 11.8 Å². The van der Waals surface area contributed by atoms with Gasteiger partial charge in [0.2, 0.25) is 0 Å². The number of anilines is 1. The van der Waals surface area contributed by atoms with Crippen molar-refractivity contribution in [2.24, 2.45) is 4.40 Å². The maximum Gasteiger partial charge on any atom is 0.573 e. The highest BCUT2D eigenvalue weighted by atomic mass is 32.2. The third-order valence-corrected chi connectivity index (χ3v) is 6.83. The Morgan fingerprint density at radius 3 is 2.51 bits per heavy atom. The first-order valence-corrected chi connectivity index (χ1v) is 12.8. The van der Waals surface area contributed by atoms with Crippen molar-refractivity contribution in [1.29, 1.82) is 0 Å². The summed E-state index contributed by atoms with van der Waals surface area (Å²) in [5.41, 5.74) is 8.46. The Bertz CT molecular complexity index is 1530. The zero-order valence-electron chi connectivity index (χ0n) is 21.0. The van der Waals surface area contributed by atoms with Crippen LogP contribution >= 0.6 is 12.1 Å². The first kappa shape index (κ1) is 26.4. The van der Waals surface area contributed by atoms with Crippen LogP contribution in [0.2, 0.25) is 0 Å². The summed E-state index contributed by atoms with van der Waals surface area (Å²) in [6.45, 7) is 3.87. The van der Waals surface area contributed by atoms with E-state index in [2.05, 4.69) is 30.3 Å². The topological polar surface area (TPSA) is 80.5 Å². The number of rotatable bonds is 6. The van der Waals surface area contributed by atoms with Crippen LogP contribution in [0.25, 0.3) is 16.8 Å². The molecule has 3 aromatic carbocycles. The van der Waals surface area contributed by atoms with Crippen molar-refractivity contribution in [3.8, 4) is 22.6 Å². The number of carbonyl (C=O) groups excluding carboxylic acids is 1. The van der Waals surface area contributed by atoms with Gasteiger partial charge in [-0.2, -0.15) is 5.10 Å². The first-order chi connectivity index (χ1) is 18.7. The molecule has 1 aromatic heterocycles. The van der Waals surface area contributed by atoms with E-state index in [1.807, 2.05) is 44.2 Å². The lowest BCUT2D eigenvalue weighted by molar-refractivity contribution is -0.274. The van der Waals surface area contributed by atoms with E-state index in [0.717, 1.165) is 69.7 Å². The van der Waals surface area contributed by atoms with Crippen LogP contribution in [0.15, 0.2) is 71.3 Å². The number of aromatic nitrogens is 2. The minimum absolute atomic E-state index is 0.276. The molecule has 0 saturated carbocycles. The SMILES string of the molecule is Cc1cccc(C)c1NC(=O)NS/N=C/c1ccc2c(c1)CCc1c-2cnn1-c1ccc(OC(F)(F)F)cc1. The lowest BCUT2D eigenvalue weighted by Crippen LogP contribution is -2.23. The molecule has 7 nitrogen and oxygen atoms in total. The van der Waals surface area contributed by atoms with Gasteiger partial charge in [0.25, 0.3) is 0 Å². The Morgan fingerprint density at radius 2 is 1.79 bits per heavy atom. The summed E-state index contributed by atoms with van der Waals surface area (Å²) in [7, 11) is 0. The predicted molar refractivity (Wildman–Crippen MR) is 146 cm³/mol. The maximum atomic E-state index is 12.5. The van der Waals surface area contributed by atoms with Gasteiger partial charge in [-0.3, -0.25) is 4.72 Å². The highest BCUT2D eigenvalue weighted by Crippen LogP contribution is 2.35. The van der Waals surface area contributed by atoms with Crippen molar-refractivity contribution >= 4 is 30.1 Å². The van der Waals surface area contributed by atoms with Crippen LogP contribution in [0, 0.1) is 13.8 Å². The van der Waals surface area contributed by atoms with E-state index in [4.69, 9.17) is 0 Å². The van der Waals surface area contributed by atoms with Gasteiger partial charge in [-0.15, -0.1) is 13.2 Å². The lowest BCUT2D eigenvalue weighted by atomic mass is 9.89. The second kappa shape index (κ2) is 10.9. The smallest absolute Gasteiger partial charge is 0.406 e. The molecule has 0 radical (unpaired) electrons. The fraction of sp³-hybridized carbons (Fsp3) is 0.179. The maximum absolute atomic E-state index is 12.5. The molecule has 0 aliphatic heterocycles. The van der Waals surface area contributed by atoms with Crippen LogP contribution in [0.3, 0.4) is 0 Å². The average Bonchev–Trinajstić information content (AvgIpc) is 3.33. The Hall–Kier alpha value is -4.25. The molecular formula is C28H24F3N5O2S. The molecule has 1 aliphatic rings. The van der Waals surface area contributed by atoms with Crippen molar-refractivity contribution in [2.75, 3.05) is 5.32 Å². The molecule has 2 amide bonds. The summed E-state index contributed by atoms with van der Waals surface area (Å²) in [6.07, 6.45) is 0.223. The molecule has 0 fully saturated rings. The third kappa shape index (κ3) is 6.09. The van der Waals surface area contributed by atoms with E-state index in [1.165, 1.54) is 12.1 Å². The normalized spacial score (nSPS) is 12.6. The minimum atomic E-state index is -4.73. The fourth-order valence-electron chi connectivity index (χ4n) is 4.57. The second-order valence-electron chi connectivity index (χ2n) is 9.02. The molecule has 0 atom stereocenters. The Kier molecular flexibility index (Phi) is 7.34. The molecule has 1 heterocycles. The highest BCUT2D eigenvalue weighted by molar-refractivity contribution is 7.96. The number of halogens is 3. The van der Waals surface area contributed by atoms with E-state index in [9.17, 15) is 18.0 Å². The number of ether oxygens (including phenoxy) is 1. The van der Waals surface area contributed by atoms with Crippen LogP contribution in [0.5, 0.6) is 5.75 Å². The van der Waals surface area contributed by atoms with Gasteiger partial charge >= 0.3 is 12.4 Å². The Balaban J connectivity index is 1.23. The zero-order chi connectivity index (χ0) is 27.6. The summed E-state index contributed by atoms with van der Waals surface area (Å²) in [5.74, 6) is -0.276. The Morgan fingerprint density at radius 1 is 1.05 bits per heavy atom. The third-order valence-electron chi connectivity index (χ3n) is 6.35. The standard InChI is InChI=1S/C28H24F3N5O2S/c1-17-4-3-5-18(2)26(17)34-27(37)35-39-33-15-19-6-12-23-20(14-19)7-13-25-24(23)16-32-36(25)21-8-10-22(11-9-21)38-28(29,30)31/h3-6,8-12,14-16H,7,13H2,1-2H3,(H2,34,35,37)/b33-15+. The number of amides is 2. The average molecular weight is 552 g/mol. The highest BCUT2D eigenvalue weighted by Gasteiger charge is 2.31. The van der Waals surface area contributed by atoms with Crippen molar-refractivity contribution in [1.82, 2.24) is 14.5 Å². The van der Waals surface area contributed by atoms with Crippen LogP contribution < -0.4 is 14.8 Å². The lowest BCUT2D eigenvalue weighted by Gasteiger charge is -2.18. The van der Waals surface area contributed by atoms with Crippen LogP contribution in [-0.2, 0) is 12.8 Å². The van der Waals surface area contributed by atoms with Gasteiger partial charge in [0.1, 0.15) is 5.75 Å². The number of nitrogens with zero attached hydrogens (tertiary/aromatic N) is 3. The number of carbonyl (C=O) groups is 1. The molecule has 0 saturated heterocycles. The molecule has 1 aliphatic carbocycles. The number of alkyl halides is 3. The number of fused-ring (bicyclic) bond motifs is 3. The molecule has 2 N–H and O–H groups in total. The number of nitrogens with one attached hydrogen (secondary N) is 2.